The quantitative estimate of drug-likeness (QED) is 0.796. The van der Waals surface area contributed by atoms with E-state index in [-0.39, 0.29) is 11.9 Å². The van der Waals surface area contributed by atoms with Gasteiger partial charge < -0.3 is 5.32 Å². The maximum Gasteiger partial charge on any atom is 0.251 e. The molecule has 3 rings (SSSR count). The molecule has 1 fully saturated rings. The fraction of sp³-hybridized carbons (Fsp3) is 0.350. The topological polar surface area (TPSA) is 29.1 Å². The van der Waals surface area contributed by atoms with Gasteiger partial charge >= 0.3 is 0 Å². The SMILES string of the molecule is CC(CCc1ccccc1)NC(=O)c1ccc(C2SCCS2)cc1. The van der Waals surface area contributed by atoms with Crippen molar-refractivity contribution >= 4 is 29.4 Å². The number of aryl methyl sites for hydroxylation is 1. The average molecular weight is 358 g/mol. The van der Waals surface area contributed by atoms with Gasteiger partial charge in [-0.25, -0.2) is 0 Å². The monoisotopic (exact) mass is 357 g/mol. The Bertz CT molecular complexity index is 651. The summed E-state index contributed by atoms with van der Waals surface area (Å²) in [5, 5.41) is 3.11. The molecular weight excluding hydrogens is 334 g/mol. The summed E-state index contributed by atoms with van der Waals surface area (Å²) in [5.74, 6) is 2.46. The number of carbonyl (C=O) groups excluding carboxylic acids is 1. The second kappa shape index (κ2) is 8.63. The molecule has 0 aliphatic carbocycles. The third kappa shape index (κ3) is 4.81. The van der Waals surface area contributed by atoms with Crippen molar-refractivity contribution in [2.75, 3.05) is 11.5 Å². The summed E-state index contributed by atoms with van der Waals surface area (Å²) in [6, 6.07) is 18.7. The number of hydrogen-bond donors (Lipinski definition) is 1. The molecular formula is C20H23NOS2. The molecule has 1 aliphatic heterocycles. The number of carbonyl (C=O) groups is 1. The van der Waals surface area contributed by atoms with Gasteiger partial charge in [0.2, 0.25) is 0 Å². The Morgan fingerprint density at radius 2 is 1.75 bits per heavy atom. The van der Waals surface area contributed by atoms with Crippen molar-refractivity contribution < 1.29 is 4.79 Å². The Labute approximate surface area is 152 Å². The Morgan fingerprint density at radius 3 is 2.42 bits per heavy atom. The van der Waals surface area contributed by atoms with E-state index in [4.69, 9.17) is 0 Å². The van der Waals surface area contributed by atoms with Crippen LogP contribution >= 0.6 is 23.5 Å². The lowest BCUT2D eigenvalue weighted by atomic mass is 10.1. The van der Waals surface area contributed by atoms with Gasteiger partial charge in [-0.3, -0.25) is 4.79 Å². The highest BCUT2D eigenvalue weighted by Gasteiger charge is 2.18. The second-order valence-corrected chi connectivity index (χ2v) is 8.82. The van der Waals surface area contributed by atoms with E-state index in [0.717, 1.165) is 18.4 Å². The average Bonchev–Trinajstić information content (AvgIpc) is 3.16. The molecule has 1 saturated heterocycles. The number of benzene rings is 2. The first-order chi connectivity index (χ1) is 11.7. The summed E-state index contributed by atoms with van der Waals surface area (Å²) in [5.41, 5.74) is 3.38. The van der Waals surface area contributed by atoms with Crippen LogP contribution in [-0.2, 0) is 6.42 Å². The Morgan fingerprint density at radius 1 is 1.08 bits per heavy atom. The van der Waals surface area contributed by atoms with E-state index in [1.807, 2.05) is 41.7 Å². The van der Waals surface area contributed by atoms with Crippen molar-refractivity contribution in [1.29, 1.82) is 0 Å². The van der Waals surface area contributed by atoms with Crippen molar-refractivity contribution in [2.24, 2.45) is 0 Å². The Kier molecular flexibility index (Phi) is 6.27. The van der Waals surface area contributed by atoms with Crippen LogP contribution in [-0.4, -0.2) is 23.5 Å². The molecule has 1 N–H and O–H groups in total. The smallest absolute Gasteiger partial charge is 0.251 e. The van der Waals surface area contributed by atoms with Crippen molar-refractivity contribution in [1.82, 2.24) is 5.32 Å². The molecule has 2 aromatic rings. The first-order valence-corrected chi connectivity index (χ1v) is 10.5. The van der Waals surface area contributed by atoms with E-state index in [1.165, 1.54) is 22.6 Å². The number of amides is 1. The molecule has 4 heteroatoms. The molecule has 0 spiro atoms. The van der Waals surface area contributed by atoms with Gasteiger partial charge in [0.25, 0.3) is 5.91 Å². The zero-order valence-corrected chi connectivity index (χ0v) is 15.5. The van der Waals surface area contributed by atoms with Crippen LogP contribution in [0.1, 0.15) is 39.4 Å². The zero-order chi connectivity index (χ0) is 16.8. The standard InChI is InChI=1S/C20H23NOS2/c1-15(7-8-16-5-3-2-4-6-16)21-19(22)17-9-11-18(12-10-17)20-23-13-14-24-20/h2-6,9-12,15,20H,7-8,13-14H2,1H3,(H,21,22). The lowest BCUT2D eigenvalue weighted by molar-refractivity contribution is 0.0938. The molecule has 0 aromatic heterocycles. The molecule has 1 heterocycles. The maximum atomic E-state index is 12.4. The van der Waals surface area contributed by atoms with Crippen molar-refractivity contribution in [2.45, 2.75) is 30.4 Å². The normalized spacial score (nSPS) is 16.0. The molecule has 24 heavy (non-hydrogen) atoms. The summed E-state index contributed by atoms with van der Waals surface area (Å²) in [4.78, 5) is 12.4. The van der Waals surface area contributed by atoms with Crippen LogP contribution in [0.3, 0.4) is 0 Å². The van der Waals surface area contributed by atoms with Gasteiger partial charge in [-0.15, -0.1) is 23.5 Å². The Balaban J connectivity index is 1.50. The van der Waals surface area contributed by atoms with Crippen LogP contribution in [0.4, 0.5) is 0 Å². The molecule has 1 amide bonds. The summed E-state index contributed by atoms with van der Waals surface area (Å²) >= 11 is 3.97. The number of hydrogen-bond acceptors (Lipinski definition) is 3. The van der Waals surface area contributed by atoms with Gasteiger partial charge in [0.15, 0.2) is 0 Å². The third-order valence-corrected chi connectivity index (χ3v) is 7.26. The second-order valence-electron chi connectivity index (χ2n) is 6.09. The molecule has 126 valence electrons. The summed E-state index contributed by atoms with van der Waals surface area (Å²) < 4.78 is 0.534. The predicted molar refractivity (Wildman–Crippen MR) is 106 cm³/mol. The van der Waals surface area contributed by atoms with Crippen LogP contribution in [0.25, 0.3) is 0 Å². The van der Waals surface area contributed by atoms with Crippen LogP contribution in [0.5, 0.6) is 0 Å². The fourth-order valence-electron chi connectivity index (χ4n) is 2.75. The van der Waals surface area contributed by atoms with Gasteiger partial charge in [-0.2, -0.15) is 0 Å². The van der Waals surface area contributed by atoms with Crippen LogP contribution in [0.2, 0.25) is 0 Å². The molecule has 1 atom stereocenters. The summed E-state index contributed by atoms with van der Waals surface area (Å²) in [6.07, 6.45) is 1.93. The molecule has 0 saturated carbocycles. The first kappa shape index (κ1) is 17.4. The number of thioether (sulfide) groups is 2. The predicted octanol–water partition coefficient (Wildman–Crippen LogP) is 4.92. The highest BCUT2D eigenvalue weighted by molar-refractivity contribution is 8.19. The van der Waals surface area contributed by atoms with Crippen molar-refractivity contribution in [3.63, 3.8) is 0 Å². The lowest BCUT2D eigenvalue weighted by Gasteiger charge is -2.14. The molecule has 0 bridgehead atoms. The number of nitrogens with one attached hydrogen (secondary N) is 1. The number of rotatable bonds is 6. The van der Waals surface area contributed by atoms with Gasteiger partial charge in [-0.1, -0.05) is 42.5 Å². The van der Waals surface area contributed by atoms with Gasteiger partial charge in [0.05, 0.1) is 4.58 Å². The molecule has 1 unspecified atom stereocenters. The van der Waals surface area contributed by atoms with Crippen LogP contribution in [0, 0.1) is 0 Å². The Hall–Kier alpha value is -1.39. The third-order valence-electron chi connectivity index (χ3n) is 4.15. The van der Waals surface area contributed by atoms with Crippen molar-refractivity contribution in [3.8, 4) is 0 Å². The van der Waals surface area contributed by atoms with Gasteiger partial charge in [-0.05, 0) is 43.0 Å². The van der Waals surface area contributed by atoms with E-state index in [1.54, 1.807) is 0 Å². The minimum Gasteiger partial charge on any atom is -0.350 e. The van der Waals surface area contributed by atoms with Crippen molar-refractivity contribution in [3.05, 3.63) is 71.3 Å². The lowest BCUT2D eigenvalue weighted by Crippen LogP contribution is -2.32. The van der Waals surface area contributed by atoms with Gasteiger partial charge in [0, 0.05) is 23.1 Å². The van der Waals surface area contributed by atoms with E-state index >= 15 is 0 Å². The fourth-order valence-corrected chi connectivity index (χ4v) is 5.61. The largest absolute Gasteiger partial charge is 0.350 e. The highest BCUT2D eigenvalue weighted by Crippen LogP contribution is 2.45. The summed E-state index contributed by atoms with van der Waals surface area (Å²) in [7, 11) is 0. The van der Waals surface area contributed by atoms with E-state index in [2.05, 4.69) is 48.6 Å². The van der Waals surface area contributed by atoms with E-state index < -0.39 is 0 Å². The molecule has 2 nitrogen and oxygen atoms in total. The molecule has 1 aliphatic rings. The van der Waals surface area contributed by atoms with Crippen LogP contribution < -0.4 is 5.32 Å². The maximum absolute atomic E-state index is 12.4. The summed E-state index contributed by atoms with van der Waals surface area (Å²) in [6.45, 7) is 2.07. The van der Waals surface area contributed by atoms with Gasteiger partial charge in [0.1, 0.15) is 0 Å². The molecule has 2 aromatic carbocycles. The molecule has 0 radical (unpaired) electrons. The zero-order valence-electron chi connectivity index (χ0n) is 13.9. The first-order valence-electron chi connectivity index (χ1n) is 8.40. The minimum atomic E-state index is 0.0221. The highest BCUT2D eigenvalue weighted by atomic mass is 32.2. The minimum absolute atomic E-state index is 0.0221. The van der Waals surface area contributed by atoms with Crippen LogP contribution in [0.15, 0.2) is 54.6 Å². The van der Waals surface area contributed by atoms with E-state index in [0.29, 0.717) is 4.58 Å². The van der Waals surface area contributed by atoms with E-state index in [9.17, 15) is 4.79 Å².